The predicted molar refractivity (Wildman–Crippen MR) is 264 cm³/mol. The smallest absolute Gasteiger partial charge is 0.0753 e. The lowest BCUT2D eigenvalue weighted by Crippen LogP contribution is -2.31. The van der Waals surface area contributed by atoms with E-state index >= 15 is 0 Å². The Bertz CT molecular complexity index is 3900. The molecular formula is C62H37N. The molecule has 290 valence electrons. The van der Waals surface area contributed by atoms with Crippen LogP contribution in [-0.4, -0.2) is 4.98 Å². The second-order valence-corrected chi connectivity index (χ2v) is 17.3. The monoisotopic (exact) mass is 795 g/mol. The van der Waals surface area contributed by atoms with E-state index in [1.54, 1.807) is 0 Å². The van der Waals surface area contributed by atoms with Gasteiger partial charge in [0.05, 0.1) is 11.1 Å². The molecular weight excluding hydrogens is 759 g/mol. The van der Waals surface area contributed by atoms with Crippen LogP contribution in [0, 0.1) is 0 Å². The summed E-state index contributed by atoms with van der Waals surface area (Å²) in [5.74, 6) is 0. The van der Waals surface area contributed by atoms with Gasteiger partial charge in [0, 0.05) is 11.8 Å². The normalized spacial score (nSPS) is 14.7. The maximum atomic E-state index is 5.21. The van der Waals surface area contributed by atoms with E-state index in [1.165, 1.54) is 126 Å². The number of pyridine rings is 1. The summed E-state index contributed by atoms with van der Waals surface area (Å²) < 4.78 is 0. The van der Waals surface area contributed by atoms with Crippen molar-refractivity contribution in [1.82, 2.24) is 4.98 Å². The summed E-state index contributed by atoms with van der Waals surface area (Å²) >= 11 is 0. The fourth-order valence-electron chi connectivity index (χ4n) is 11.7. The zero-order valence-electron chi connectivity index (χ0n) is 34.3. The number of hydrogen-bond acceptors (Lipinski definition) is 1. The summed E-state index contributed by atoms with van der Waals surface area (Å²) in [6.07, 6.45) is 1.96. The minimum absolute atomic E-state index is 0.493. The third kappa shape index (κ3) is 4.69. The number of fused-ring (bicyclic) bond motifs is 15. The first-order valence-electron chi connectivity index (χ1n) is 21.9. The molecule has 0 amide bonds. The van der Waals surface area contributed by atoms with E-state index in [0.29, 0.717) is 0 Å². The van der Waals surface area contributed by atoms with Gasteiger partial charge in [-0.05, 0) is 145 Å². The minimum Gasteiger partial charge on any atom is -0.256 e. The van der Waals surface area contributed by atoms with Crippen LogP contribution in [0.15, 0.2) is 225 Å². The van der Waals surface area contributed by atoms with E-state index in [1.807, 2.05) is 6.20 Å². The molecule has 1 aromatic heterocycles. The van der Waals surface area contributed by atoms with Crippen molar-refractivity contribution >= 4 is 53.9 Å². The van der Waals surface area contributed by atoms with Crippen LogP contribution < -0.4 is 0 Å². The van der Waals surface area contributed by atoms with Crippen LogP contribution in [0.2, 0.25) is 0 Å². The molecule has 1 nitrogen and oxygen atoms in total. The number of hydrogen-bond donors (Lipinski definition) is 0. The lowest BCUT2D eigenvalue weighted by molar-refractivity contribution is 0.771. The van der Waals surface area contributed by atoms with Crippen molar-refractivity contribution in [1.29, 1.82) is 0 Å². The topological polar surface area (TPSA) is 12.9 Å². The average molecular weight is 796 g/mol. The maximum absolute atomic E-state index is 5.21. The zero-order chi connectivity index (χ0) is 41.2. The van der Waals surface area contributed by atoms with E-state index in [0.717, 1.165) is 5.69 Å². The Kier molecular flexibility index (Phi) is 7.10. The molecule has 1 atom stereocenters. The summed E-state index contributed by atoms with van der Waals surface area (Å²) in [5.41, 5.74) is 16.9. The highest BCUT2D eigenvalue weighted by atomic mass is 14.7. The Balaban J connectivity index is 0.975. The van der Waals surface area contributed by atoms with Crippen LogP contribution in [0.5, 0.6) is 0 Å². The molecule has 0 saturated carbocycles. The van der Waals surface area contributed by atoms with E-state index in [-0.39, 0.29) is 0 Å². The predicted octanol–water partition coefficient (Wildman–Crippen LogP) is 16.2. The first-order chi connectivity index (χ1) is 31.3. The Hall–Kier alpha value is -8.13. The highest BCUT2D eigenvalue weighted by Gasteiger charge is 2.50. The molecule has 0 aliphatic heterocycles. The van der Waals surface area contributed by atoms with Crippen molar-refractivity contribution in [3.05, 3.63) is 247 Å². The Morgan fingerprint density at radius 1 is 0.270 bits per heavy atom. The van der Waals surface area contributed by atoms with Gasteiger partial charge in [-0.15, -0.1) is 0 Å². The second-order valence-electron chi connectivity index (χ2n) is 17.3. The lowest BCUT2D eigenvalue weighted by atomic mass is 9.61. The van der Waals surface area contributed by atoms with Gasteiger partial charge in [0.25, 0.3) is 0 Å². The van der Waals surface area contributed by atoms with Crippen molar-refractivity contribution < 1.29 is 0 Å². The molecule has 14 rings (SSSR count). The van der Waals surface area contributed by atoms with Gasteiger partial charge in [-0.2, -0.15) is 0 Å². The van der Waals surface area contributed by atoms with Crippen LogP contribution in [0.3, 0.4) is 0 Å². The molecule has 0 radical (unpaired) electrons. The van der Waals surface area contributed by atoms with E-state index < -0.39 is 5.41 Å². The van der Waals surface area contributed by atoms with Gasteiger partial charge in [-0.25, -0.2) is 0 Å². The standard InChI is InChI=1S/C62H37N/c1-2-17-43-38(13-1)14-9-23-44(43)39-28-30-40(31-29-39)51-36-53-48-21-6-4-19-46(48)52(37-54(53)47-20-5-3-18-45(47)51)42-32-33-57-55(35-42)61-59(27-12-34-63-61)62(57)56-25-8-7-22-49(56)50-24-10-15-41-16-11-26-58(62)60(41)50/h1-37H. The fourth-order valence-corrected chi connectivity index (χ4v) is 11.7. The van der Waals surface area contributed by atoms with E-state index in [4.69, 9.17) is 4.98 Å². The number of nitrogens with zero attached hydrogens (tertiary/aromatic N) is 1. The molecule has 0 saturated heterocycles. The molecule has 0 bridgehead atoms. The van der Waals surface area contributed by atoms with Crippen molar-refractivity contribution in [3.63, 3.8) is 0 Å². The largest absolute Gasteiger partial charge is 0.256 e. The molecule has 2 aliphatic rings. The molecule has 1 heteroatoms. The van der Waals surface area contributed by atoms with Crippen molar-refractivity contribution in [2.45, 2.75) is 5.41 Å². The number of aromatic nitrogens is 1. The molecule has 1 unspecified atom stereocenters. The summed E-state index contributed by atoms with van der Waals surface area (Å²) in [6.45, 7) is 0. The molecule has 2 aliphatic carbocycles. The van der Waals surface area contributed by atoms with Gasteiger partial charge in [-0.3, -0.25) is 4.98 Å². The molecule has 0 fully saturated rings. The summed E-state index contributed by atoms with van der Waals surface area (Å²) in [5, 5.41) is 12.7. The molecule has 12 aromatic rings. The fraction of sp³-hybridized carbons (Fsp3) is 0.0161. The van der Waals surface area contributed by atoms with Gasteiger partial charge >= 0.3 is 0 Å². The number of rotatable bonds is 3. The van der Waals surface area contributed by atoms with Gasteiger partial charge in [-0.1, -0.05) is 194 Å². The minimum atomic E-state index is -0.493. The SMILES string of the molecule is c1ccc2c(c1)-c1cccc3cccc(c13)C21c2ccc(-c3cc4c5ccccc5c(-c5ccc(-c6cccc7ccccc67)cc5)cc4c4ccccc34)cc2-c2ncccc21. The van der Waals surface area contributed by atoms with Crippen LogP contribution in [-0.2, 0) is 5.41 Å². The third-order valence-electron chi connectivity index (χ3n) is 14.3. The van der Waals surface area contributed by atoms with Crippen LogP contribution in [0.25, 0.3) is 110 Å². The van der Waals surface area contributed by atoms with Crippen molar-refractivity contribution in [3.8, 4) is 55.8 Å². The highest BCUT2D eigenvalue weighted by Crippen LogP contribution is 2.61. The molecule has 63 heavy (non-hydrogen) atoms. The van der Waals surface area contributed by atoms with Gasteiger partial charge < -0.3 is 0 Å². The Morgan fingerprint density at radius 2 is 0.778 bits per heavy atom. The quantitative estimate of drug-likeness (QED) is 0.162. The Morgan fingerprint density at radius 3 is 1.54 bits per heavy atom. The maximum Gasteiger partial charge on any atom is 0.0753 e. The summed E-state index contributed by atoms with van der Waals surface area (Å²) in [7, 11) is 0. The first kappa shape index (κ1) is 34.6. The van der Waals surface area contributed by atoms with Crippen molar-refractivity contribution in [2.24, 2.45) is 0 Å². The molecule has 11 aromatic carbocycles. The zero-order valence-corrected chi connectivity index (χ0v) is 34.3. The average Bonchev–Trinajstić information content (AvgIpc) is 3.65. The highest BCUT2D eigenvalue weighted by molar-refractivity contribution is 6.24. The van der Waals surface area contributed by atoms with Crippen LogP contribution in [0.1, 0.15) is 22.3 Å². The molecule has 1 spiro atoms. The lowest BCUT2D eigenvalue weighted by Gasteiger charge is -2.39. The van der Waals surface area contributed by atoms with Gasteiger partial charge in [0.15, 0.2) is 0 Å². The molecule has 1 heterocycles. The number of benzene rings is 11. The van der Waals surface area contributed by atoms with Gasteiger partial charge in [0.1, 0.15) is 0 Å². The Labute approximate surface area is 365 Å². The van der Waals surface area contributed by atoms with Crippen molar-refractivity contribution in [2.75, 3.05) is 0 Å². The van der Waals surface area contributed by atoms with Crippen LogP contribution >= 0.6 is 0 Å². The molecule has 0 N–H and O–H groups in total. The summed E-state index contributed by atoms with van der Waals surface area (Å²) in [4.78, 5) is 5.21. The first-order valence-corrected chi connectivity index (χ1v) is 21.9. The van der Waals surface area contributed by atoms with Gasteiger partial charge in [0.2, 0.25) is 0 Å². The van der Waals surface area contributed by atoms with E-state index in [2.05, 4.69) is 218 Å². The second kappa shape index (κ2) is 12.9. The third-order valence-corrected chi connectivity index (χ3v) is 14.3. The van der Waals surface area contributed by atoms with E-state index in [9.17, 15) is 0 Å². The summed E-state index contributed by atoms with van der Waals surface area (Å²) in [6, 6.07) is 81.5. The van der Waals surface area contributed by atoms with Crippen LogP contribution in [0.4, 0.5) is 0 Å².